The molecule has 0 radical (unpaired) electrons. The number of halogens is 1. The highest BCUT2D eigenvalue weighted by molar-refractivity contribution is 7.16. The first-order valence-electron chi connectivity index (χ1n) is 12.0. The van der Waals surface area contributed by atoms with Crippen molar-refractivity contribution in [3.05, 3.63) is 78.0 Å². The smallest absolute Gasteiger partial charge is 0.246 e. The maximum Gasteiger partial charge on any atom is 0.246 e. The predicted octanol–water partition coefficient (Wildman–Crippen LogP) is 6.21. The van der Waals surface area contributed by atoms with E-state index >= 15 is 0 Å². The van der Waals surface area contributed by atoms with E-state index < -0.39 is 0 Å². The molecule has 1 saturated heterocycles. The third-order valence-corrected chi connectivity index (χ3v) is 7.38. The van der Waals surface area contributed by atoms with Crippen LogP contribution in [0.25, 0.3) is 21.1 Å². The Kier molecular flexibility index (Phi) is 6.64. The number of rotatable bonds is 8. The van der Waals surface area contributed by atoms with Crippen LogP contribution in [0.15, 0.2) is 73.0 Å². The third kappa shape index (κ3) is 5.04. The zero-order chi connectivity index (χ0) is 26.9. The minimum Gasteiger partial charge on any atom is -0.493 e. The maximum absolute atomic E-state index is 11.8. The van der Waals surface area contributed by atoms with Crippen LogP contribution < -0.4 is 19.5 Å². The van der Waals surface area contributed by atoms with Crippen molar-refractivity contribution in [2.24, 2.45) is 0 Å². The van der Waals surface area contributed by atoms with Crippen LogP contribution in [0.4, 0.5) is 11.5 Å². The van der Waals surface area contributed by atoms with Crippen LogP contribution in [0.5, 0.6) is 23.0 Å². The summed E-state index contributed by atoms with van der Waals surface area (Å²) in [5.41, 5.74) is 4.08. The van der Waals surface area contributed by atoms with Gasteiger partial charge in [-0.25, -0.2) is 15.0 Å². The van der Waals surface area contributed by atoms with Gasteiger partial charge in [0, 0.05) is 23.2 Å². The molecule has 0 spiro atoms. The topological polar surface area (TPSA) is 98.7 Å². The van der Waals surface area contributed by atoms with Crippen molar-refractivity contribution in [3.8, 4) is 23.0 Å². The monoisotopic (exact) mass is 559 g/mol. The molecule has 196 valence electrons. The van der Waals surface area contributed by atoms with Crippen LogP contribution in [0.1, 0.15) is 0 Å². The Bertz CT molecular complexity index is 1720. The Balaban J connectivity index is 1.22. The average molecular weight is 560 g/mol. The molecule has 1 fully saturated rings. The van der Waals surface area contributed by atoms with Gasteiger partial charge in [0.1, 0.15) is 29.7 Å². The number of carbonyl (C=O) groups is 1. The zero-order valence-electron chi connectivity index (χ0n) is 20.8. The Hall–Kier alpha value is -4.41. The fraction of sp³-hybridized carbons (Fsp3) is 0.143. The molecule has 1 amide bonds. The Morgan fingerprint density at radius 1 is 1.08 bits per heavy atom. The summed E-state index contributed by atoms with van der Waals surface area (Å²) in [6, 6.07) is 14.8. The van der Waals surface area contributed by atoms with Gasteiger partial charge in [-0.2, -0.15) is 0 Å². The van der Waals surface area contributed by atoms with E-state index in [1.165, 1.54) is 12.4 Å². The molecule has 39 heavy (non-hydrogen) atoms. The number of hydrogen-bond donors (Lipinski definition) is 1. The van der Waals surface area contributed by atoms with E-state index in [4.69, 9.17) is 25.8 Å². The van der Waals surface area contributed by atoms with Gasteiger partial charge in [-0.1, -0.05) is 18.2 Å². The van der Waals surface area contributed by atoms with Crippen LogP contribution in [-0.4, -0.2) is 52.1 Å². The van der Waals surface area contributed by atoms with Gasteiger partial charge >= 0.3 is 0 Å². The second-order valence-corrected chi connectivity index (χ2v) is 10.1. The molecule has 0 bridgehead atoms. The van der Waals surface area contributed by atoms with Gasteiger partial charge in [-0.05, 0) is 42.5 Å². The number of thiazole rings is 1. The summed E-state index contributed by atoms with van der Waals surface area (Å²) >= 11 is 8.14. The van der Waals surface area contributed by atoms with E-state index in [1.54, 1.807) is 47.1 Å². The molecule has 3 aromatic carbocycles. The number of likely N-dealkylation sites (tertiary alicyclic amines) is 1. The molecule has 0 atom stereocenters. The molecule has 11 heteroatoms. The van der Waals surface area contributed by atoms with Gasteiger partial charge < -0.3 is 24.4 Å². The molecule has 1 aliphatic rings. The van der Waals surface area contributed by atoms with E-state index in [-0.39, 0.29) is 12.0 Å². The number of fused-ring (bicyclic) bond motifs is 2. The quantitative estimate of drug-likeness (QED) is 0.224. The molecule has 9 nitrogen and oxygen atoms in total. The number of amides is 1. The van der Waals surface area contributed by atoms with Crippen LogP contribution in [0.2, 0.25) is 5.02 Å². The highest BCUT2D eigenvalue weighted by Gasteiger charge is 2.31. The minimum absolute atomic E-state index is 0.115. The number of carbonyl (C=O) groups excluding carboxylic acids is 1. The second kappa shape index (κ2) is 10.4. The van der Waals surface area contributed by atoms with Crippen molar-refractivity contribution in [1.82, 2.24) is 19.9 Å². The number of ether oxygens (including phenoxy) is 3. The van der Waals surface area contributed by atoms with Crippen molar-refractivity contribution in [2.45, 2.75) is 6.10 Å². The molecule has 3 heterocycles. The number of aromatic nitrogens is 3. The number of anilines is 2. The molecule has 0 aliphatic carbocycles. The van der Waals surface area contributed by atoms with Crippen LogP contribution in [0.3, 0.4) is 0 Å². The Morgan fingerprint density at radius 2 is 1.95 bits per heavy atom. The van der Waals surface area contributed by atoms with Gasteiger partial charge in [0.25, 0.3) is 0 Å². The fourth-order valence-electron chi connectivity index (χ4n) is 4.24. The second-order valence-electron chi connectivity index (χ2n) is 8.78. The zero-order valence-corrected chi connectivity index (χ0v) is 22.3. The lowest BCUT2D eigenvalue weighted by atomic mass is 10.1. The summed E-state index contributed by atoms with van der Waals surface area (Å²) < 4.78 is 18.8. The van der Waals surface area contributed by atoms with Crippen molar-refractivity contribution in [2.75, 3.05) is 25.5 Å². The highest BCUT2D eigenvalue weighted by atomic mass is 35.5. The lowest BCUT2D eigenvalue weighted by Gasteiger charge is -2.38. The predicted molar refractivity (Wildman–Crippen MR) is 152 cm³/mol. The standard InChI is InChI=1S/C28H22ClN5O4S/c1-3-27(35)34-12-18(13-34)38-25-10-19-21(11-24(25)36-2)30-14-31-28(19)33-16-4-6-23(20(29)8-16)37-17-5-7-26-22(9-17)32-15-39-26/h3-11,14-15,18H,1,12-13H2,2H3,(H,30,31,33). The largest absolute Gasteiger partial charge is 0.493 e. The third-order valence-electron chi connectivity index (χ3n) is 6.27. The van der Waals surface area contributed by atoms with Gasteiger partial charge in [0.15, 0.2) is 11.5 Å². The molecule has 2 aromatic heterocycles. The first kappa shape index (κ1) is 24.9. The van der Waals surface area contributed by atoms with Crippen molar-refractivity contribution >= 4 is 61.5 Å². The van der Waals surface area contributed by atoms with Crippen LogP contribution in [0, 0.1) is 0 Å². The molecule has 1 aliphatic heterocycles. The number of benzene rings is 3. The molecule has 5 aromatic rings. The highest BCUT2D eigenvalue weighted by Crippen LogP contribution is 2.38. The molecule has 1 N–H and O–H groups in total. The lowest BCUT2D eigenvalue weighted by Crippen LogP contribution is -2.55. The van der Waals surface area contributed by atoms with Crippen molar-refractivity contribution in [1.29, 1.82) is 0 Å². The van der Waals surface area contributed by atoms with Crippen LogP contribution >= 0.6 is 22.9 Å². The van der Waals surface area contributed by atoms with Gasteiger partial charge in [0.05, 0.1) is 46.5 Å². The van der Waals surface area contributed by atoms with E-state index in [1.807, 2.05) is 30.3 Å². The Morgan fingerprint density at radius 3 is 2.74 bits per heavy atom. The van der Waals surface area contributed by atoms with Crippen LogP contribution in [-0.2, 0) is 4.79 Å². The minimum atomic E-state index is -0.149. The lowest BCUT2D eigenvalue weighted by molar-refractivity contribution is -0.134. The number of methoxy groups -OCH3 is 1. The summed E-state index contributed by atoms with van der Waals surface area (Å²) in [5.74, 6) is 2.72. The molecule has 0 saturated carbocycles. The molecule has 6 rings (SSSR count). The van der Waals surface area contributed by atoms with Gasteiger partial charge in [-0.3, -0.25) is 4.79 Å². The number of nitrogens with one attached hydrogen (secondary N) is 1. The number of hydrogen-bond acceptors (Lipinski definition) is 9. The fourth-order valence-corrected chi connectivity index (χ4v) is 5.12. The summed E-state index contributed by atoms with van der Waals surface area (Å²) in [6.07, 6.45) is 2.63. The molecular formula is C28H22ClN5O4S. The number of nitrogens with zero attached hydrogens (tertiary/aromatic N) is 4. The van der Waals surface area contributed by atoms with E-state index in [2.05, 4.69) is 26.8 Å². The summed E-state index contributed by atoms with van der Waals surface area (Å²) in [5, 5.41) is 4.49. The summed E-state index contributed by atoms with van der Waals surface area (Å²) in [6.45, 7) is 4.48. The van der Waals surface area contributed by atoms with E-state index in [9.17, 15) is 4.79 Å². The average Bonchev–Trinajstić information content (AvgIpc) is 3.39. The first-order chi connectivity index (χ1) is 19.0. The van der Waals surface area contributed by atoms with Crippen molar-refractivity contribution in [3.63, 3.8) is 0 Å². The molecular weight excluding hydrogens is 538 g/mol. The van der Waals surface area contributed by atoms with E-state index in [0.29, 0.717) is 52.4 Å². The summed E-state index contributed by atoms with van der Waals surface area (Å²) in [7, 11) is 1.57. The molecule has 0 unspecified atom stereocenters. The normalized spacial score (nSPS) is 13.2. The SMILES string of the molecule is C=CC(=O)N1CC(Oc2cc3c(Nc4ccc(Oc5ccc6scnc6c5)c(Cl)c4)ncnc3cc2OC)C1. The van der Waals surface area contributed by atoms with Gasteiger partial charge in [0.2, 0.25) is 5.91 Å². The summed E-state index contributed by atoms with van der Waals surface area (Å²) in [4.78, 5) is 26.6. The first-order valence-corrected chi connectivity index (χ1v) is 13.2. The maximum atomic E-state index is 11.8. The van der Waals surface area contributed by atoms with Gasteiger partial charge in [-0.15, -0.1) is 11.3 Å². The Labute approximate surface area is 232 Å². The van der Waals surface area contributed by atoms with Crippen molar-refractivity contribution < 1.29 is 19.0 Å². The van der Waals surface area contributed by atoms with E-state index in [0.717, 1.165) is 21.3 Å².